The molecule has 1 unspecified atom stereocenters. The van der Waals surface area contributed by atoms with Crippen LogP contribution in [0.4, 0.5) is 0 Å². The Bertz CT molecular complexity index is 1300. The second kappa shape index (κ2) is 9.12. The van der Waals surface area contributed by atoms with Gasteiger partial charge >= 0.3 is 5.97 Å². The molecule has 3 aromatic carbocycles. The SMILES string of the molecule is CC(C(=O)O)(C(=O)[C@H](Cc1c[nH]c2ccccc12)NC(=O)c1ccccc1)c1ccccc1. The number of amides is 1. The Morgan fingerprint density at radius 3 is 2.18 bits per heavy atom. The summed E-state index contributed by atoms with van der Waals surface area (Å²) in [4.78, 5) is 42.4. The van der Waals surface area contributed by atoms with Crippen LogP contribution in [0.15, 0.2) is 91.1 Å². The Kier molecular flexibility index (Phi) is 6.09. The number of para-hydroxylation sites is 1. The van der Waals surface area contributed by atoms with Gasteiger partial charge < -0.3 is 15.4 Å². The number of hydrogen-bond donors (Lipinski definition) is 3. The first-order valence-corrected chi connectivity index (χ1v) is 10.7. The van der Waals surface area contributed by atoms with Gasteiger partial charge in [0.25, 0.3) is 5.91 Å². The number of rotatable bonds is 8. The predicted octanol–water partition coefficient (Wildman–Crippen LogP) is 4.12. The van der Waals surface area contributed by atoms with Crippen molar-refractivity contribution in [2.75, 3.05) is 0 Å². The smallest absolute Gasteiger partial charge is 0.321 e. The Labute approximate surface area is 191 Å². The number of ketones is 1. The molecular formula is C27H24N2O4. The fraction of sp³-hybridized carbons (Fsp3) is 0.148. The molecular weight excluding hydrogens is 416 g/mol. The minimum atomic E-state index is -1.83. The first-order valence-electron chi connectivity index (χ1n) is 10.7. The number of aliphatic carboxylic acids is 1. The fourth-order valence-corrected chi connectivity index (χ4v) is 4.05. The van der Waals surface area contributed by atoms with Gasteiger partial charge in [-0.2, -0.15) is 0 Å². The van der Waals surface area contributed by atoms with Crippen LogP contribution < -0.4 is 5.32 Å². The standard InChI is InChI=1S/C27H24N2O4/c1-27(26(32)33,20-12-6-3-7-13-20)24(30)23(29-25(31)18-10-4-2-5-11-18)16-19-17-28-22-15-9-8-14-21(19)22/h2-15,17,23,28H,16H2,1H3,(H,29,31)(H,32,33)/t23-,27?/m0/s1. The summed E-state index contributed by atoms with van der Waals surface area (Å²) in [6.45, 7) is 1.39. The molecule has 0 saturated heterocycles. The van der Waals surface area contributed by atoms with E-state index in [0.29, 0.717) is 11.1 Å². The fourth-order valence-electron chi connectivity index (χ4n) is 4.05. The molecule has 1 heterocycles. The zero-order valence-corrected chi connectivity index (χ0v) is 18.1. The number of aromatic amines is 1. The lowest BCUT2D eigenvalue weighted by molar-refractivity contribution is -0.148. The molecule has 1 aromatic heterocycles. The van der Waals surface area contributed by atoms with Gasteiger partial charge in [-0.15, -0.1) is 0 Å². The van der Waals surface area contributed by atoms with Crippen molar-refractivity contribution < 1.29 is 19.5 Å². The van der Waals surface area contributed by atoms with E-state index in [-0.39, 0.29) is 6.42 Å². The molecule has 0 aliphatic carbocycles. The highest BCUT2D eigenvalue weighted by Gasteiger charge is 2.46. The van der Waals surface area contributed by atoms with Crippen LogP contribution in [0.25, 0.3) is 10.9 Å². The maximum atomic E-state index is 13.8. The highest BCUT2D eigenvalue weighted by Crippen LogP contribution is 2.29. The van der Waals surface area contributed by atoms with Crippen molar-refractivity contribution in [2.45, 2.75) is 24.8 Å². The molecule has 0 fully saturated rings. The van der Waals surface area contributed by atoms with Crippen LogP contribution in [0, 0.1) is 0 Å². The van der Waals surface area contributed by atoms with Gasteiger partial charge in [-0.25, -0.2) is 0 Å². The Morgan fingerprint density at radius 2 is 1.52 bits per heavy atom. The van der Waals surface area contributed by atoms with Crippen molar-refractivity contribution in [3.8, 4) is 0 Å². The van der Waals surface area contributed by atoms with E-state index < -0.39 is 29.1 Å². The summed E-state index contributed by atoms with van der Waals surface area (Å²) in [5, 5.41) is 13.8. The molecule has 0 spiro atoms. The zero-order valence-electron chi connectivity index (χ0n) is 18.1. The normalized spacial score (nSPS) is 13.7. The third kappa shape index (κ3) is 4.28. The number of hydrogen-bond acceptors (Lipinski definition) is 3. The molecule has 33 heavy (non-hydrogen) atoms. The van der Waals surface area contributed by atoms with Crippen LogP contribution in [0.5, 0.6) is 0 Å². The van der Waals surface area contributed by atoms with E-state index in [1.54, 1.807) is 66.9 Å². The molecule has 0 bridgehead atoms. The van der Waals surface area contributed by atoms with Gasteiger partial charge in [-0.1, -0.05) is 66.7 Å². The van der Waals surface area contributed by atoms with Gasteiger partial charge in [-0.3, -0.25) is 14.4 Å². The zero-order chi connectivity index (χ0) is 23.4. The van der Waals surface area contributed by atoms with Crippen molar-refractivity contribution in [3.63, 3.8) is 0 Å². The van der Waals surface area contributed by atoms with Gasteiger partial charge in [0.15, 0.2) is 11.2 Å². The van der Waals surface area contributed by atoms with Crippen molar-refractivity contribution in [1.82, 2.24) is 10.3 Å². The average Bonchev–Trinajstić information content (AvgIpc) is 3.26. The first-order chi connectivity index (χ1) is 15.9. The molecule has 3 N–H and O–H groups in total. The highest BCUT2D eigenvalue weighted by atomic mass is 16.4. The molecule has 2 atom stereocenters. The number of carboxylic acids is 1. The summed E-state index contributed by atoms with van der Waals surface area (Å²) in [6, 6.07) is 23.5. The quantitative estimate of drug-likeness (QED) is 0.359. The van der Waals surface area contributed by atoms with E-state index in [2.05, 4.69) is 10.3 Å². The van der Waals surface area contributed by atoms with E-state index in [9.17, 15) is 19.5 Å². The third-order valence-corrected chi connectivity index (χ3v) is 6.03. The number of carbonyl (C=O) groups excluding carboxylic acids is 2. The van der Waals surface area contributed by atoms with Crippen LogP contribution in [-0.4, -0.2) is 33.8 Å². The van der Waals surface area contributed by atoms with E-state index in [1.165, 1.54) is 6.92 Å². The lowest BCUT2D eigenvalue weighted by atomic mass is 9.75. The molecule has 0 aliphatic heterocycles. The van der Waals surface area contributed by atoms with Gasteiger partial charge in [0.05, 0.1) is 6.04 Å². The Morgan fingerprint density at radius 1 is 0.909 bits per heavy atom. The maximum Gasteiger partial charge on any atom is 0.321 e. The van der Waals surface area contributed by atoms with Gasteiger partial charge in [-0.05, 0) is 36.2 Å². The van der Waals surface area contributed by atoms with E-state index in [1.807, 2.05) is 24.3 Å². The monoisotopic (exact) mass is 440 g/mol. The molecule has 166 valence electrons. The molecule has 4 rings (SSSR count). The van der Waals surface area contributed by atoms with Crippen molar-refractivity contribution in [3.05, 3.63) is 108 Å². The van der Waals surface area contributed by atoms with E-state index in [4.69, 9.17) is 0 Å². The minimum Gasteiger partial charge on any atom is -0.480 e. The second-order valence-electron chi connectivity index (χ2n) is 8.12. The van der Waals surface area contributed by atoms with Crippen molar-refractivity contribution in [1.29, 1.82) is 0 Å². The Hall–Kier alpha value is -4.19. The average molecular weight is 440 g/mol. The van der Waals surface area contributed by atoms with Crippen LogP contribution in [0.2, 0.25) is 0 Å². The van der Waals surface area contributed by atoms with Gasteiger partial charge in [0, 0.05) is 29.1 Å². The maximum absolute atomic E-state index is 13.8. The lowest BCUT2D eigenvalue weighted by Gasteiger charge is -2.29. The summed E-state index contributed by atoms with van der Waals surface area (Å²) in [7, 11) is 0. The lowest BCUT2D eigenvalue weighted by Crippen LogP contribution is -2.53. The number of nitrogens with one attached hydrogen (secondary N) is 2. The van der Waals surface area contributed by atoms with Crippen molar-refractivity contribution >= 4 is 28.6 Å². The summed E-state index contributed by atoms with van der Waals surface area (Å²) in [5.41, 5.74) is 0.642. The predicted molar refractivity (Wildman–Crippen MR) is 126 cm³/mol. The number of fused-ring (bicyclic) bond motifs is 1. The number of Topliss-reactive ketones (excluding diaryl/α,β-unsaturated/α-hetero) is 1. The largest absolute Gasteiger partial charge is 0.480 e. The molecule has 0 radical (unpaired) electrons. The molecule has 4 aromatic rings. The van der Waals surface area contributed by atoms with Crippen LogP contribution >= 0.6 is 0 Å². The van der Waals surface area contributed by atoms with Crippen LogP contribution in [-0.2, 0) is 21.4 Å². The topological polar surface area (TPSA) is 99.3 Å². The molecule has 6 heteroatoms. The molecule has 1 amide bonds. The van der Waals surface area contributed by atoms with Gasteiger partial charge in [0.1, 0.15) is 0 Å². The number of carbonyl (C=O) groups is 3. The van der Waals surface area contributed by atoms with Crippen LogP contribution in [0.1, 0.15) is 28.4 Å². The number of benzene rings is 3. The molecule has 0 saturated carbocycles. The Balaban J connectivity index is 1.74. The summed E-state index contributed by atoms with van der Waals surface area (Å²) in [5.74, 6) is -2.29. The number of carboxylic acid groups (broad SMARTS) is 1. The highest BCUT2D eigenvalue weighted by molar-refractivity contribution is 6.12. The summed E-state index contributed by atoms with van der Waals surface area (Å²) < 4.78 is 0. The third-order valence-electron chi connectivity index (χ3n) is 6.03. The summed E-state index contributed by atoms with van der Waals surface area (Å²) in [6.07, 6.45) is 1.94. The number of aromatic nitrogens is 1. The first kappa shape index (κ1) is 22.0. The van der Waals surface area contributed by atoms with E-state index in [0.717, 1.165) is 16.5 Å². The minimum absolute atomic E-state index is 0.150. The number of H-pyrrole nitrogens is 1. The second-order valence-corrected chi connectivity index (χ2v) is 8.12. The molecule has 6 nitrogen and oxygen atoms in total. The summed E-state index contributed by atoms with van der Waals surface area (Å²) >= 11 is 0. The van der Waals surface area contributed by atoms with Gasteiger partial charge in [0.2, 0.25) is 0 Å². The van der Waals surface area contributed by atoms with Crippen LogP contribution in [0.3, 0.4) is 0 Å². The van der Waals surface area contributed by atoms with E-state index >= 15 is 0 Å². The molecule has 0 aliphatic rings. The van der Waals surface area contributed by atoms with Crippen molar-refractivity contribution in [2.24, 2.45) is 0 Å².